The Labute approximate surface area is 119 Å². The van der Waals surface area contributed by atoms with Gasteiger partial charge >= 0.3 is 0 Å². The third kappa shape index (κ3) is 6.68. The van der Waals surface area contributed by atoms with Crippen LogP contribution in [0.25, 0.3) is 0 Å². The minimum atomic E-state index is 0.100. The number of nitrogens with two attached hydrogens (primary N) is 1. The largest absolute Gasteiger partial charge is 0.356 e. The van der Waals surface area contributed by atoms with Gasteiger partial charge in [-0.05, 0) is 31.7 Å². The second kappa shape index (κ2) is 8.27. The summed E-state index contributed by atoms with van der Waals surface area (Å²) in [6.45, 7) is 7.54. The number of amides is 1. The molecule has 0 fully saturated rings. The zero-order valence-corrected chi connectivity index (χ0v) is 12.9. The third-order valence-corrected chi connectivity index (χ3v) is 3.80. The van der Waals surface area contributed by atoms with Crippen molar-refractivity contribution in [2.24, 2.45) is 17.6 Å². The van der Waals surface area contributed by atoms with Gasteiger partial charge < -0.3 is 11.1 Å². The van der Waals surface area contributed by atoms with Crippen molar-refractivity contribution in [2.45, 2.75) is 40.0 Å². The van der Waals surface area contributed by atoms with E-state index in [1.165, 1.54) is 0 Å². The van der Waals surface area contributed by atoms with Crippen LogP contribution in [0, 0.1) is 18.8 Å². The first-order valence-corrected chi connectivity index (χ1v) is 7.77. The molecule has 4 nitrogen and oxygen atoms in total. The number of hydrogen-bond donors (Lipinski definition) is 2. The van der Waals surface area contributed by atoms with Gasteiger partial charge in [-0.2, -0.15) is 0 Å². The second-order valence-electron chi connectivity index (χ2n) is 5.39. The van der Waals surface area contributed by atoms with Crippen LogP contribution in [0.15, 0.2) is 5.38 Å². The normalized spacial score (nSPS) is 12.7. The first-order valence-electron chi connectivity index (χ1n) is 6.89. The lowest BCUT2D eigenvalue weighted by molar-refractivity contribution is -0.122. The lowest BCUT2D eigenvalue weighted by Crippen LogP contribution is -2.30. The summed E-state index contributed by atoms with van der Waals surface area (Å²) in [7, 11) is 0. The van der Waals surface area contributed by atoms with E-state index in [1.54, 1.807) is 11.3 Å². The first-order chi connectivity index (χ1) is 9.01. The molecular weight excluding hydrogens is 258 g/mol. The Hall–Kier alpha value is -0.940. The van der Waals surface area contributed by atoms with Crippen LogP contribution < -0.4 is 11.1 Å². The van der Waals surface area contributed by atoms with Crippen LogP contribution in [0.2, 0.25) is 0 Å². The van der Waals surface area contributed by atoms with Crippen molar-refractivity contribution in [3.05, 3.63) is 16.1 Å². The standard InChI is InChI=1S/C14H25N3OS/c1-10(2)6-12(8-15)7-14(18)16-5-4-13-9-19-11(3)17-13/h9-10,12H,4-8,15H2,1-3H3,(H,16,18). The fraction of sp³-hybridized carbons (Fsp3) is 0.714. The molecule has 1 rings (SSSR count). The molecule has 1 atom stereocenters. The molecule has 108 valence electrons. The molecule has 0 aliphatic rings. The molecule has 1 aromatic rings. The average molecular weight is 283 g/mol. The monoisotopic (exact) mass is 283 g/mol. The molecule has 1 heterocycles. The maximum Gasteiger partial charge on any atom is 0.220 e. The van der Waals surface area contributed by atoms with Gasteiger partial charge in [0.25, 0.3) is 0 Å². The zero-order chi connectivity index (χ0) is 14.3. The zero-order valence-electron chi connectivity index (χ0n) is 12.1. The van der Waals surface area contributed by atoms with Crippen molar-refractivity contribution in [3.8, 4) is 0 Å². The van der Waals surface area contributed by atoms with Crippen molar-refractivity contribution in [1.82, 2.24) is 10.3 Å². The van der Waals surface area contributed by atoms with Gasteiger partial charge in [0, 0.05) is 24.8 Å². The van der Waals surface area contributed by atoms with Crippen molar-refractivity contribution in [2.75, 3.05) is 13.1 Å². The SMILES string of the molecule is Cc1nc(CCNC(=O)CC(CN)CC(C)C)cs1. The molecule has 19 heavy (non-hydrogen) atoms. The lowest BCUT2D eigenvalue weighted by Gasteiger charge is -2.16. The van der Waals surface area contributed by atoms with Gasteiger partial charge in [0.05, 0.1) is 10.7 Å². The Morgan fingerprint density at radius 3 is 2.79 bits per heavy atom. The Morgan fingerprint density at radius 1 is 1.53 bits per heavy atom. The highest BCUT2D eigenvalue weighted by Gasteiger charge is 2.13. The van der Waals surface area contributed by atoms with E-state index in [4.69, 9.17) is 5.73 Å². The highest BCUT2D eigenvalue weighted by molar-refractivity contribution is 7.09. The molecule has 0 aliphatic carbocycles. The molecular formula is C14H25N3OS. The molecule has 0 bridgehead atoms. The summed E-state index contributed by atoms with van der Waals surface area (Å²) >= 11 is 1.64. The van der Waals surface area contributed by atoms with Gasteiger partial charge in [0.15, 0.2) is 0 Å². The number of rotatable bonds is 8. The van der Waals surface area contributed by atoms with Crippen LogP contribution in [0.3, 0.4) is 0 Å². The van der Waals surface area contributed by atoms with E-state index in [0.29, 0.717) is 31.3 Å². The average Bonchev–Trinajstić information content (AvgIpc) is 2.73. The molecule has 5 heteroatoms. The van der Waals surface area contributed by atoms with Crippen molar-refractivity contribution in [1.29, 1.82) is 0 Å². The molecule has 3 N–H and O–H groups in total. The number of aromatic nitrogens is 1. The number of hydrogen-bond acceptors (Lipinski definition) is 4. The van der Waals surface area contributed by atoms with Gasteiger partial charge in [-0.1, -0.05) is 13.8 Å². The van der Waals surface area contributed by atoms with Crippen molar-refractivity contribution in [3.63, 3.8) is 0 Å². The molecule has 0 radical (unpaired) electrons. The highest BCUT2D eigenvalue weighted by Crippen LogP contribution is 2.14. The van der Waals surface area contributed by atoms with E-state index < -0.39 is 0 Å². The number of nitrogens with zero attached hydrogens (tertiary/aromatic N) is 1. The van der Waals surface area contributed by atoms with Gasteiger partial charge in [-0.15, -0.1) is 11.3 Å². The Morgan fingerprint density at radius 2 is 2.26 bits per heavy atom. The second-order valence-corrected chi connectivity index (χ2v) is 6.46. The fourth-order valence-electron chi connectivity index (χ4n) is 2.12. The predicted molar refractivity (Wildman–Crippen MR) is 80.2 cm³/mol. The molecule has 0 saturated carbocycles. The number of carbonyl (C=O) groups is 1. The van der Waals surface area contributed by atoms with Crippen LogP contribution in [-0.2, 0) is 11.2 Å². The number of carbonyl (C=O) groups excluding carboxylic acids is 1. The summed E-state index contributed by atoms with van der Waals surface area (Å²) in [6, 6.07) is 0. The number of aryl methyl sites for hydroxylation is 1. The van der Waals surface area contributed by atoms with Gasteiger partial charge in [-0.3, -0.25) is 4.79 Å². The summed E-state index contributed by atoms with van der Waals surface area (Å²) in [5.74, 6) is 0.976. The smallest absolute Gasteiger partial charge is 0.220 e. The van der Waals surface area contributed by atoms with Crippen molar-refractivity contribution < 1.29 is 4.79 Å². The third-order valence-electron chi connectivity index (χ3n) is 2.98. The predicted octanol–water partition coefficient (Wildman–Crippen LogP) is 2.12. The maximum absolute atomic E-state index is 11.8. The van der Waals surface area contributed by atoms with Gasteiger partial charge in [0.2, 0.25) is 5.91 Å². The van der Waals surface area contributed by atoms with Gasteiger partial charge in [0.1, 0.15) is 0 Å². The Kier molecular flexibility index (Phi) is 7.02. The minimum Gasteiger partial charge on any atom is -0.356 e. The summed E-state index contributed by atoms with van der Waals surface area (Å²) in [5.41, 5.74) is 6.76. The summed E-state index contributed by atoms with van der Waals surface area (Å²) in [5, 5.41) is 6.06. The van der Waals surface area contributed by atoms with E-state index in [2.05, 4.69) is 24.1 Å². The lowest BCUT2D eigenvalue weighted by atomic mass is 9.94. The van der Waals surface area contributed by atoms with Gasteiger partial charge in [-0.25, -0.2) is 4.98 Å². The highest BCUT2D eigenvalue weighted by atomic mass is 32.1. The Balaban J connectivity index is 2.23. The topological polar surface area (TPSA) is 68.0 Å². The first kappa shape index (κ1) is 16.1. The van der Waals surface area contributed by atoms with Crippen LogP contribution >= 0.6 is 11.3 Å². The van der Waals surface area contributed by atoms with Crippen LogP contribution in [0.5, 0.6) is 0 Å². The molecule has 1 amide bonds. The van der Waals surface area contributed by atoms with Crippen LogP contribution in [0.1, 0.15) is 37.4 Å². The molecule has 0 aromatic carbocycles. The number of nitrogens with one attached hydrogen (secondary N) is 1. The number of thiazole rings is 1. The minimum absolute atomic E-state index is 0.100. The fourth-order valence-corrected chi connectivity index (χ4v) is 2.76. The van der Waals surface area contributed by atoms with Crippen LogP contribution in [0.4, 0.5) is 0 Å². The summed E-state index contributed by atoms with van der Waals surface area (Å²) in [6.07, 6.45) is 2.34. The van der Waals surface area contributed by atoms with Crippen LogP contribution in [-0.4, -0.2) is 24.0 Å². The molecule has 0 aliphatic heterocycles. The molecule has 0 spiro atoms. The molecule has 0 saturated heterocycles. The molecule has 1 unspecified atom stereocenters. The maximum atomic E-state index is 11.8. The summed E-state index contributed by atoms with van der Waals surface area (Å²) in [4.78, 5) is 16.2. The van der Waals surface area contributed by atoms with E-state index in [-0.39, 0.29) is 5.91 Å². The van der Waals surface area contributed by atoms with Crippen molar-refractivity contribution >= 4 is 17.2 Å². The van der Waals surface area contributed by atoms with E-state index in [1.807, 2.05) is 12.3 Å². The summed E-state index contributed by atoms with van der Waals surface area (Å²) < 4.78 is 0. The van der Waals surface area contributed by atoms with E-state index in [0.717, 1.165) is 23.5 Å². The quantitative estimate of drug-likeness (QED) is 0.768. The van der Waals surface area contributed by atoms with E-state index in [9.17, 15) is 4.79 Å². The molecule has 1 aromatic heterocycles. The Bertz CT molecular complexity index is 390. The van der Waals surface area contributed by atoms with E-state index >= 15 is 0 Å².